The van der Waals surface area contributed by atoms with Crippen molar-refractivity contribution in [3.63, 3.8) is 0 Å². The van der Waals surface area contributed by atoms with Gasteiger partial charge >= 0.3 is 0 Å². The van der Waals surface area contributed by atoms with Crippen LogP contribution in [-0.4, -0.2) is 46.1 Å². The van der Waals surface area contributed by atoms with E-state index in [9.17, 15) is 8.78 Å². The van der Waals surface area contributed by atoms with Crippen LogP contribution in [0.5, 0.6) is 11.6 Å². The Morgan fingerprint density at radius 1 is 1.03 bits per heavy atom. The summed E-state index contributed by atoms with van der Waals surface area (Å²) in [7, 11) is 0. The Hall–Kier alpha value is -3.79. The predicted molar refractivity (Wildman–Crippen MR) is 118 cm³/mol. The number of piperazine rings is 1. The minimum Gasteiger partial charge on any atom is -0.433 e. The largest absolute Gasteiger partial charge is 0.433 e. The van der Waals surface area contributed by atoms with E-state index in [0.717, 1.165) is 43.9 Å². The van der Waals surface area contributed by atoms with Crippen molar-refractivity contribution in [1.29, 1.82) is 0 Å². The number of rotatable bonds is 5. The lowest BCUT2D eigenvalue weighted by atomic mass is 10.2. The molecule has 5 rings (SSSR count). The van der Waals surface area contributed by atoms with E-state index in [4.69, 9.17) is 4.74 Å². The Labute approximate surface area is 182 Å². The third-order valence-electron chi connectivity index (χ3n) is 5.28. The average molecular weight is 437 g/mol. The van der Waals surface area contributed by atoms with Crippen LogP contribution in [0.2, 0.25) is 0 Å². The Kier molecular flexibility index (Phi) is 5.28. The number of aryl methyl sites for hydroxylation is 1. The van der Waals surface area contributed by atoms with Gasteiger partial charge in [0.25, 0.3) is 5.88 Å². The Balaban J connectivity index is 1.35. The van der Waals surface area contributed by atoms with Crippen LogP contribution in [0.3, 0.4) is 0 Å². The second kappa shape index (κ2) is 8.39. The second-order valence-corrected chi connectivity index (χ2v) is 7.50. The minimum atomic E-state index is -0.842. The van der Waals surface area contributed by atoms with Crippen molar-refractivity contribution in [3.8, 4) is 11.6 Å². The molecule has 10 heteroatoms. The molecule has 4 aromatic rings. The number of hydrogen-bond donors (Lipinski definition) is 3. The van der Waals surface area contributed by atoms with E-state index in [1.807, 2.05) is 13.0 Å². The number of fused-ring (bicyclic) bond motifs is 1. The molecule has 1 aliphatic heterocycles. The third-order valence-corrected chi connectivity index (χ3v) is 5.28. The summed E-state index contributed by atoms with van der Waals surface area (Å²) in [6.45, 7) is 5.48. The molecule has 0 unspecified atom stereocenters. The first-order valence-electron chi connectivity index (χ1n) is 10.2. The molecule has 32 heavy (non-hydrogen) atoms. The van der Waals surface area contributed by atoms with E-state index < -0.39 is 11.6 Å². The van der Waals surface area contributed by atoms with Gasteiger partial charge in [-0.3, -0.25) is 0 Å². The molecule has 0 aliphatic carbocycles. The summed E-state index contributed by atoms with van der Waals surface area (Å²) in [6.07, 6.45) is 2.88. The Morgan fingerprint density at radius 2 is 1.88 bits per heavy atom. The fraction of sp³-hybridized carbons (Fsp3) is 0.227. The SMILES string of the molecule is Cc1cc2c(F)c(Oc3ncnc(Nc4ccc(N5CCNCC5)cn4)c3F)ccc2[nH]1. The second-order valence-electron chi connectivity index (χ2n) is 7.50. The third kappa shape index (κ3) is 3.92. The van der Waals surface area contributed by atoms with Gasteiger partial charge in [0.1, 0.15) is 12.1 Å². The topological polar surface area (TPSA) is 91.0 Å². The lowest BCUT2D eigenvalue weighted by molar-refractivity contribution is 0.400. The van der Waals surface area contributed by atoms with Gasteiger partial charge in [-0.05, 0) is 37.3 Å². The van der Waals surface area contributed by atoms with Crippen LogP contribution in [0.1, 0.15) is 5.69 Å². The molecule has 0 spiro atoms. The van der Waals surface area contributed by atoms with E-state index >= 15 is 0 Å². The monoisotopic (exact) mass is 437 g/mol. The van der Waals surface area contributed by atoms with E-state index in [1.165, 1.54) is 6.07 Å². The summed E-state index contributed by atoms with van der Waals surface area (Å²) in [5.41, 5.74) is 2.44. The molecule has 1 aromatic carbocycles. The zero-order valence-electron chi connectivity index (χ0n) is 17.3. The van der Waals surface area contributed by atoms with Crippen LogP contribution in [0, 0.1) is 18.6 Å². The average Bonchev–Trinajstić information content (AvgIpc) is 3.20. The summed E-state index contributed by atoms with van der Waals surface area (Å²) in [5, 5.41) is 6.50. The van der Waals surface area contributed by atoms with Gasteiger partial charge < -0.3 is 25.3 Å². The van der Waals surface area contributed by atoms with Crippen molar-refractivity contribution < 1.29 is 13.5 Å². The molecular weight excluding hydrogens is 416 g/mol. The van der Waals surface area contributed by atoms with Crippen molar-refractivity contribution in [2.45, 2.75) is 6.92 Å². The van der Waals surface area contributed by atoms with Gasteiger partial charge in [0, 0.05) is 42.8 Å². The highest BCUT2D eigenvalue weighted by molar-refractivity contribution is 5.82. The molecule has 0 bridgehead atoms. The summed E-state index contributed by atoms with van der Waals surface area (Å²) in [4.78, 5) is 17.4. The Bertz CT molecular complexity index is 1250. The molecule has 0 saturated carbocycles. The van der Waals surface area contributed by atoms with Crippen LogP contribution in [0.25, 0.3) is 10.9 Å². The van der Waals surface area contributed by atoms with Gasteiger partial charge in [-0.15, -0.1) is 0 Å². The number of pyridine rings is 1. The number of ether oxygens (including phenoxy) is 1. The molecule has 1 saturated heterocycles. The zero-order valence-corrected chi connectivity index (χ0v) is 17.3. The first kappa shape index (κ1) is 20.1. The highest BCUT2D eigenvalue weighted by Crippen LogP contribution is 2.32. The van der Waals surface area contributed by atoms with Crippen molar-refractivity contribution in [1.82, 2.24) is 25.3 Å². The number of anilines is 3. The van der Waals surface area contributed by atoms with Crippen LogP contribution < -0.4 is 20.3 Å². The number of nitrogens with one attached hydrogen (secondary N) is 3. The molecule has 4 heterocycles. The van der Waals surface area contributed by atoms with Gasteiger partial charge in [0.15, 0.2) is 17.4 Å². The van der Waals surface area contributed by atoms with Crippen molar-refractivity contribution >= 4 is 28.2 Å². The van der Waals surface area contributed by atoms with Gasteiger partial charge in [-0.1, -0.05) is 0 Å². The standard InChI is InChI=1S/C22H21F2N7O/c1-13-10-15-16(29-13)3-4-17(19(15)23)32-22-20(24)21(27-12-28-22)30-18-5-2-14(11-26-18)31-8-6-25-7-9-31/h2-5,10-12,25,29H,6-9H2,1H3,(H,26,27,28,30). The molecule has 3 aromatic heterocycles. The zero-order chi connectivity index (χ0) is 22.1. The van der Waals surface area contributed by atoms with Crippen LogP contribution in [0.4, 0.5) is 26.1 Å². The molecule has 164 valence electrons. The normalized spacial score (nSPS) is 14.0. The van der Waals surface area contributed by atoms with Crippen LogP contribution in [0.15, 0.2) is 42.9 Å². The van der Waals surface area contributed by atoms with Crippen LogP contribution in [-0.2, 0) is 0 Å². The van der Waals surface area contributed by atoms with E-state index in [-0.39, 0.29) is 17.4 Å². The fourth-order valence-electron chi connectivity index (χ4n) is 3.67. The van der Waals surface area contributed by atoms with Gasteiger partial charge in [0.05, 0.1) is 11.9 Å². The molecule has 1 fully saturated rings. The predicted octanol–water partition coefficient (Wildman–Crippen LogP) is 3.89. The molecular formula is C22H21F2N7O. The number of aromatic amines is 1. The lowest BCUT2D eigenvalue weighted by Crippen LogP contribution is -2.43. The van der Waals surface area contributed by atoms with Gasteiger partial charge in [-0.2, -0.15) is 9.37 Å². The highest BCUT2D eigenvalue weighted by Gasteiger charge is 2.18. The number of aromatic nitrogens is 4. The van der Waals surface area contributed by atoms with Gasteiger partial charge in [0.2, 0.25) is 5.82 Å². The van der Waals surface area contributed by atoms with Crippen molar-refractivity contribution in [2.24, 2.45) is 0 Å². The molecule has 1 aliphatic rings. The molecule has 8 nitrogen and oxygen atoms in total. The quantitative estimate of drug-likeness (QED) is 0.436. The first-order valence-corrected chi connectivity index (χ1v) is 10.2. The van der Waals surface area contributed by atoms with E-state index in [0.29, 0.717) is 16.7 Å². The Morgan fingerprint density at radius 3 is 2.66 bits per heavy atom. The van der Waals surface area contributed by atoms with E-state index in [1.54, 1.807) is 24.4 Å². The number of nitrogens with zero attached hydrogens (tertiary/aromatic N) is 4. The lowest BCUT2D eigenvalue weighted by Gasteiger charge is -2.29. The maximum absolute atomic E-state index is 15.0. The smallest absolute Gasteiger partial charge is 0.261 e. The van der Waals surface area contributed by atoms with Gasteiger partial charge in [-0.25, -0.2) is 14.4 Å². The molecule has 3 N–H and O–H groups in total. The van der Waals surface area contributed by atoms with Crippen molar-refractivity contribution in [2.75, 3.05) is 36.4 Å². The summed E-state index contributed by atoms with van der Waals surface area (Å²) in [5.74, 6) is -1.64. The molecule has 0 radical (unpaired) electrons. The maximum Gasteiger partial charge on any atom is 0.261 e. The minimum absolute atomic E-state index is 0.114. The summed E-state index contributed by atoms with van der Waals surface area (Å²) < 4.78 is 35.2. The first-order chi connectivity index (χ1) is 15.6. The number of benzene rings is 1. The fourth-order valence-corrected chi connectivity index (χ4v) is 3.67. The highest BCUT2D eigenvalue weighted by atomic mass is 19.1. The number of H-pyrrole nitrogens is 1. The molecule has 0 amide bonds. The summed E-state index contributed by atoms with van der Waals surface area (Å²) >= 11 is 0. The maximum atomic E-state index is 15.0. The van der Waals surface area contributed by atoms with Crippen molar-refractivity contribution in [3.05, 3.63) is 60.2 Å². The number of hydrogen-bond acceptors (Lipinski definition) is 7. The summed E-state index contributed by atoms with van der Waals surface area (Å²) in [6, 6.07) is 8.43. The molecule has 0 atom stereocenters. The van der Waals surface area contributed by atoms with E-state index in [2.05, 4.69) is 35.5 Å². The number of halogens is 2. The van der Waals surface area contributed by atoms with Crippen LogP contribution >= 0.6 is 0 Å².